The van der Waals surface area contributed by atoms with Gasteiger partial charge < -0.3 is 31.5 Å². The van der Waals surface area contributed by atoms with Gasteiger partial charge in [-0.2, -0.15) is 0 Å². The average Bonchev–Trinajstić information content (AvgIpc) is 3.24. The van der Waals surface area contributed by atoms with E-state index in [0.29, 0.717) is 25.8 Å². The molecule has 11 heteroatoms. The van der Waals surface area contributed by atoms with Crippen LogP contribution in [-0.4, -0.2) is 75.5 Å². The molecule has 6 unspecified atom stereocenters. The molecule has 0 aromatic rings. The summed E-state index contributed by atoms with van der Waals surface area (Å²) in [6.07, 6.45) is 1.48. The Balaban J connectivity index is 2.97. The number of rotatable bonds is 12. The molecule has 182 valence electrons. The van der Waals surface area contributed by atoms with E-state index in [0.717, 1.165) is 6.42 Å². The maximum absolute atomic E-state index is 13.0. The Bertz CT molecular complexity index is 714. The van der Waals surface area contributed by atoms with Crippen molar-refractivity contribution in [3.63, 3.8) is 0 Å². The first-order valence-electron chi connectivity index (χ1n) is 11.1. The Kier molecular flexibility index (Phi) is 10.6. The summed E-state index contributed by atoms with van der Waals surface area (Å²) in [5.74, 6) is -4.87. The van der Waals surface area contributed by atoms with E-state index in [4.69, 9.17) is 10.8 Å². The number of carboxylic acid groups (broad SMARTS) is 2. The summed E-state index contributed by atoms with van der Waals surface area (Å²) in [5.41, 5.74) is 6.06. The van der Waals surface area contributed by atoms with Gasteiger partial charge in [0.15, 0.2) is 0 Å². The standard InChI is InChI=1S/C21H36N4O7/c1-5-11(3)16(22)20(30)25-9-7-8-14(25)18(28)24-17(12(4)6-2)19(29)23-13(21(31)32)10-15(26)27/h11-14,16-17H,5-10,22H2,1-4H3,(H,23,29)(H,24,28)(H,26,27)(H,31,32). The van der Waals surface area contributed by atoms with Crippen LogP contribution in [0.5, 0.6) is 0 Å². The molecule has 1 heterocycles. The minimum absolute atomic E-state index is 0.0485. The highest BCUT2D eigenvalue weighted by atomic mass is 16.4. The predicted octanol–water partition coefficient (Wildman–Crippen LogP) is -0.0742. The van der Waals surface area contributed by atoms with Gasteiger partial charge in [0.05, 0.1) is 12.5 Å². The van der Waals surface area contributed by atoms with Crippen molar-refractivity contribution in [3.8, 4) is 0 Å². The van der Waals surface area contributed by atoms with Crippen LogP contribution < -0.4 is 16.4 Å². The van der Waals surface area contributed by atoms with E-state index >= 15 is 0 Å². The minimum atomic E-state index is -1.62. The van der Waals surface area contributed by atoms with Crippen LogP contribution in [0.15, 0.2) is 0 Å². The van der Waals surface area contributed by atoms with Crippen molar-refractivity contribution in [2.24, 2.45) is 17.6 Å². The molecule has 0 aliphatic carbocycles. The lowest BCUT2D eigenvalue weighted by molar-refractivity contribution is -0.147. The van der Waals surface area contributed by atoms with Gasteiger partial charge in [-0.15, -0.1) is 0 Å². The molecular formula is C21H36N4O7. The molecule has 1 fully saturated rings. The molecule has 1 aliphatic heterocycles. The fourth-order valence-corrected chi connectivity index (χ4v) is 3.58. The van der Waals surface area contributed by atoms with Gasteiger partial charge in [0, 0.05) is 6.54 Å². The van der Waals surface area contributed by atoms with Gasteiger partial charge in [-0.25, -0.2) is 4.79 Å². The van der Waals surface area contributed by atoms with Gasteiger partial charge in [-0.1, -0.05) is 40.5 Å². The molecule has 1 saturated heterocycles. The summed E-state index contributed by atoms with van der Waals surface area (Å²) < 4.78 is 0. The summed E-state index contributed by atoms with van der Waals surface area (Å²) in [7, 11) is 0. The van der Waals surface area contributed by atoms with Crippen molar-refractivity contribution in [2.75, 3.05) is 6.54 Å². The van der Waals surface area contributed by atoms with Gasteiger partial charge in [-0.3, -0.25) is 19.2 Å². The molecule has 6 atom stereocenters. The van der Waals surface area contributed by atoms with Crippen molar-refractivity contribution >= 4 is 29.7 Å². The van der Waals surface area contributed by atoms with Gasteiger partial charge >= 0.3 is 11.9 Å². The first kappa shape index (κ1) is 27.3. The molecular weight excluding hydrogens is 420 g/mol. The van der Waals surface area contributed by atoms with Crippen molar-refractivity contribution in [3.05, 3.63) is 0 Å². The Morgan fingerprint density at radius 3 is 2.12 bits per heavy atom. The van der Waals surface area contributed by atoms with Crippen LogP contribution in [0.4, 0.5) is 0 Å². The number of hydrogen-bond acceptors (Lipinski definition) is 6. The van der Waals surface area contributed by atoms with Gasteiger partial charge in [0.1, 0.15) is 18.1 Å². The Labute approximate surface area is 188 Å². The largest absolute Gasteiger partial charge is 0.481 e. The van der Waals surface area contributed by atoms with E-state index in [1.165, 1.54) is 4.90 Å². The number of likely N-dealkylation sites (tertiary alicyclic amines) is 1. The van der Waals surface area contributed by atoms with Crippen LogP contribution >= 0.6 is 0 Å². The van der Waals surface area contributed by atoms with Crippen molar-refractivity contribution in [2.45, 2.75) is 84.0 Å². The van der Waals surface area contributed by atoms with Gasteiger partial charge in [-0.05, 0) is 24.7 Å². The van der Waals surface area contributed by atoms with Crippen molar-refractivity contribution < 1.29 is 34.2 Å². The first-order valence-corrected chi connectivity index (χ1v) is 11.1. The van der Waals surface area contributed by atoms with E-state index in [9.17, 15) is 29.1 Å². The summed E-state index contributed by atoms with van der Waals surface area (Å²) in [6, 6.07) is -4.20. The molecule has 1 rings (SSSR count). The number of carbonyl (C=O) groups is 5. The number of aliphatic carboxylic acids is 2. The van der Waals surface area contributed by atoms with E-state index in [-0.39, 0.29) is 17.7 Å². The summed E-state index contributed by atoms with van der Waals surface area (Å²) in [6.45, 7) is 7.71. The minimum Gasteiger partial charge on any atom is -0.481 e. The zero-order chi connectivity index (χ0) is 24.6. The highest BCUT2D eigenvalue weighted by Gasteiger charge is 2.39. The quantitative estimate of drug-likeness (QED) is 0.270. The number of carboxylic acids is 2. The molecule has 3 amide bonds. The van der Waals surface area contributed by atoms with Gasteiger partial charge in [0.2, 0.25) is 17.7 Å². The molecule has 0 saturated carbocycles. The average molecular weight is 457 g/mol. The molecule has 0 bridgehead atoms. The molecule has 0 aromatic carbocycles. The van der Waals surface area contributed by atoms with E-state index in [1.807, 2.05) is 13.8 Å². The van der Waals surface area contributed by atoms with Gasteiger partial charge in [0.25, 0.3) is 0 Å². The van der Waals surface area contributed by atoms with Crippen LogP contribution in [0.1, 0.15) is 59.8 Å². The Hall–Kier alpha value is -2.69. The first-order chi connectivity index (χ1) is 14.9. The number of nitrogens with zero attached hydrogens (tertiary/aromatic N) is 1. The molecule has 32 heavy (non-hydrogen) atoms. The molecule has 6 N–H and O–H groups in total. The lowest BCUT2D eigenvalue weighted by Crippen LogP contribution is -2.58. The van der Waals surface area contributed by atoms with Crippen LogP contribution in [0, 0.1) is 11.8 Å². The fraction of sp³-hybridized carbons (Fsp3) is 0.762. The molecule has 0 aromatic heterocycles. The second kappa shape index (κ2) is 12.4. The fourth-order valence-electron chi connectivity index (χ4n) is 3.58. The maximum atomic E-state index is 13.0. The summed E-state index contributed by atoms with van der Waals surface area (Å²) in [4.78, 5) is 62.2. The zero-order valence-electron chi connectivity index (χ0n) is 19.2. The highest BCUT2D eigenvalue weighted by Crippen LogP contribution is 2.21. The Morgan fingerprint density at radius 2 is 1.62 bits per heavy atom. The van der Waals surface area contributed by atoms with E-state index in [2.05, 4.69) is 10.6 Å². The smallest absolute Gasteiger partial charge is 0.326 e. The number of nitrogens with one attached hydrogen (secondary N) is 2. The second-order valence-electron chi connectivity index (χ2n) is 8.47. The molecule has 1 aliphatic rings. The third-order valence-corrected chi connectivity index (χ3v) is 6.17. The van der Waals surface area contributed by atoms with E-state index in [1.54, 1.807) is 13.8 Å². The highest BCUT2D eigenvalue weighted by molar-refractivity contribution is 5.95. The van der Waals surface area contributed by atoms with E-state index < -0.39 is 54.3 Å². The number of carbonyl (C=O) groups excluding carboxylic acids is 3. The SMILES string of the molecule is CCC(C)C(N)C(=O)N1CCCC1C(=O)NC(C(=O)NC(CC(=O)O)C(=O)O)C(C)CC. The summed E-state index contributed by atoms with van der Waals surface area (Å²) >= 11 is 0. The number of amides is 3. The van der Waals surface area contributed by atoms with Crippen molar-refractivity contribution in [1.29, 1.82) is 0 Å². The van der Waals surface area contributed by atoms with Crippen LogP contribution in [0.25, 0.3) is 0 Å². The Morgan fingerprint density at radius 1 is 1.03 bits per heavy atom. The maximum Gasteiger partial charge on any atom is 0.326 e. The topological polar surface area (TPSA) is 179 Å². The second-order valence-corrected chi connectivity index (χ2v) is 8.47. The molecule has 11 nitrogen and oxygen atoms in total. The molecule has 0 spiro atoms. The number of hydrogen-bond donors (Lipinski definition) is 5. The normalized spacial score (nSPS) is 20.5. The third kappa shape index (κ3) is 7.18. The lowest BCUT2D eigenvalue weighted by atomic mass is 9.96. The van der Waals surface area contributed by atoms with Crippen molar-refractivity contribution in [1.82, 2.24) is 15.5 Å². The monoisotopic (exact) mass is 456 g/mol. The third-order valence-electron chi connectivity index (χ3n) is 6.17. The lowest BCUT2D eigenvalue weighted by Gasteiger charge is -2.31. The zero-order valence-corrected chi connectivity index (χ0v) is 19.2. The predicted molar refractivity (Wildman–Crippen MR) is 115 cm³/mol. The van der Waals surface area contributed by atoms with Crippen LogP contribution in [-0.2, 0) is 24.0 Å². The number of nitrogens with two attached hydrogens (primary N) is 1. The molecule has 0 radical (unpaired) electrons. The summed E-state index contributed by atoms with van der Waals surface area (Å²) in [5, 5.41) is 22.9. The van der Waals surface area contributed by atoms with Crippen LogP contribution in [0.3, 0.4) is 0 Å². The van der Waals surface area contributed by atoms with Crippen LogP contribution in [0.2, 0.25) is 0 Å².